The van der Waals surface area contributed by atoms with Gasteiger partial charge in [0.2, 0.25) is 5.43 Å². The molecule has 1 aliphatic carbocycles. The van der Waals surface area contributed by atoms with Crippen molar-refractivity contribution in [2.75, 3.05) is 11.4 Å². The van der Waals surface area contributed by atoms with Crippen molar-refractivity contribution in [2.24, 2.45) is 5.73 Å². The average molecular weight is 363 g/mol. The second kappa shape index (κ2) is 5.26. The number of nitrogens with two attached hydrogens (primary N) is 1. The molecular formula is C18H19F2N3O3. The number of anilines is 1. The first-order valence-electron chi connectivity index (χ1n) is 8.48. The highest BCUT2D eigenvalue weighted by Crippen LogP contribution is 2.42. The van der Waals surface area contributed by atoms with Crippen LogP contribution < -0.4 is 16.1 Å². The smallest absolute Gasteiger partial charge is 0.341 e. The SMILES string of the molecule is CC1(C)C(N)CN1c1c(F)cc2c(=O)c(C(=O)O)cn(C3CC3)c2c1F. The number of hydrogen-bond donors (Lipinski definition) is 2. The number of pyridine rings is 1. The van der Waals surface area contributed by atoms with E-state index in [1.54, 1.807) is 18.7 Å². The molecule has 2 aromatic rings. The van der Waals surface area contributed by atoms with Crippen LogP contribution in [-0.4, -0.2) is 33.8 Å². The lowest BCUT2D eigenvalue weighted by Gasteiger charge is -2.55. The first-order valence-corrected chi connectivity index (χ1v) is 8.48. The number of carboxylic acid groups (broad SMARTS) is 1. The molecule has 26 heavy (non-hydrogen) atoms. The van der Waals surface area contributed by atoms with Crippen molar-refractivity contribution in [3.8, 4) is 0 Å². The molecule has 1 saturated carbocycles. The highest BCUT2D eigenvalue weighted by Gasteiger charge is 2.46. The number of carbonyl (C=O) groups is 1. The maximum Gasteiger partial charge on any atom is 0.341 e. The van der Waals surface area contributed by atoms with Crippen molar-refractivity contribution in [1.82, 2.24) is 4.57 Å². The lowest BCUT2D eigenvalue weighted by molar-refractivity contribution is 0.0695. The lowest BCUT2D eigenvalue weighted by atomic mass is 9.83. The van der Waals surface area contributed by atoms with E-state index < -0.39 is 34.1 Å². The van der Waals surface area contributed by atoms with Crippen molar-refractivity contribution in [2.45, 2.75) is 44.3 Å². The predicted molar refractivity (Wildman–Crippen MR) is 92.8 cm³/mol. The minimum atomic E-state index is -1.41. The second-order valence-electron chi connectivity index (χ2n) is 7.60. The summed E-state index contributed by atoms with van der Waals surface area (Å²) < 4.78 is 31.6. The largest absolute Gasteiger partial charge is 0.477 e. The highest BCUT2D eigenvalue weighted by molar-refractivity contribution is 5.94. The van der Waals surface area contributed by atoms with E-state index in [2.05, 4.69) is 0 Å². The minimum absolute atomic E-state index is 0.0461. The molecule has 1 aromatic carbocycles. The van der Waals surface area contributed by atoms with Crippen LogP contribution >= 0.6 is 0 Å². The van der Waals surface area contributed by atoms with Crippen LogP contribution in [0.1, 0.15) is 43.1 Å². The van der Waals surface area contributed by atoms with Gasteiger partial charge < -0.3 is 20.3 Å². The predicted octanol–water partition coefficient (Wildman–Crippen LogP) is 2.24. The molecule has 8 heteroatoms. The molecule has 3 N–H and O–H groups in total. The number of benzene rings is 1. The monoisotopic (exact) mass is 363 g/mol. The molecule has 0 radical (unpaired) electrons. The third-order valence-corrected chi connectivity index (χ3v) is 5.61. The van der Waals surface area contributed by atoms with Gasteiger partial charge in [-0.1, -0.05) is 0 Å². The van der Waals surface area contributed by atoms with Crippen molar-refractivity contribution >= 4 is 22.6 Å². The summed E-state index contributed by atoms with van der Waals surface area (Å²) in [6.07, 6.45) is 2.68. The fourth-order valence-corrected chi connectivity index (χ4v) is 3.59. The third kappa shape index (κ3) is 2.18. The van der Waals surface area contributed by atoms with Crippen LogP contribution in [0.25, 0.3) is 10.9 Å². The summed E-state index contributed by atoms with van der Waals surface area (Å²) >= 11 is 0. The molecule has 1 unspecified atom stereocenters. The zero-order chi connectivity index (χ0) is 19.0. The molecule has 1 aromatic heterocycles. The van der Waals surface area contributed by atoms with E-state index in [9.17, 15) is 19.1 Å². The highest BCUT2D eigenvalue weighted by atomic mass is 19.1. The molecular weight excluding hydrogens is 344 g/mol. The molecule has 2 fully saturated rings. The van der Waals surface area contributed by atoms with E-state index in [1.165, 1.54) is 10.8 Å². The van der Waals surface area contributed by atoms with Crippen LogP contribution in [0.5, 0.6) is 0 Å². The number of halogens is 2. The number of hydrogen-bond acceptors (Lipinski definition) is 4. The van der Waals surface area contributed by atoms with E-state index in [0.29, 0.717) is 6.54 Å². The third-order valence-electron chi connectivity index (χ3n) is 5.61. The van der Waals surface area contributed by atoms with Gasteiger partial charge in [-0.3, -0.25) is 4.79 Å². The summed E-state index contributed by atoms with van der Waals surface area (Å²) in [6, 6.07) is 0.633. The van der Waals surface area contributed by atoms with Gasteiger partial charge in [0.15, 0.2) is 5.82 Å². The van der Waals surface area contributed by atoms with Gasteiger partial charge in [-0.05, 0) is 32.8 Å². The Morgan fingerprint density at radius 3 is 2.50 bits per heavy atom. The van der Waals surface area contributed by atoms with Gasteiger partial charge >= 0.3 is 5.97 Å². The van der Waals surface area contributed by atoms with Crippen LogP contribution in [0, 0.1) is 11.6 Å². The Morgan fingerprint density at radius 2 is 2.00 bits per heavy atom. The average Bonchev–Trinajstić information content (AvgIpc) is 3.39. The number of carboxylic acids is 1. The standard InChI is InChI=1S/C18H19F2N3O3/c1-18(2)12(21)7-23(18)15-11(19)5-9-14(13(15)20)22(8-3-4-8)6-10(16(9)24)17(25)26/h5-6,8,12H,3-4,7,21H2,1-2H3,(H,25,26). The summed E-state index contributed by atoms with van der Waals surface area (Å²) in [5.41, 5.74) is 3.70. The molecule has 1 saturated heterocycles. The van der Waals surface area contributed by atoms with Gasteiger partial charge in [-0.25, -0.2) is 13.6 Å². The first kappa shape index (κ1) is 17.0. The molecule has 1 aliphatic heterocycles. The van der Waals surface area contributed by atoms with E-state index in [0.717, 1.165) is 18.9 Å². The Labute approximate surface area is 147 Å². The summed E-state index contributed by atoms with van der Waals surface area (Å²) in [5.74, 6) is -3.15. The fraction of sp³-hybridized carbons (Fsp3) is 0.444. The van der Waals surface area contributed by atoms with Crippen LogP contribution in [0.15, 0.2) is 17.1 Å². The number of nitrogens with zero attached hydrogens (tertiary/aromatic N) is 2. The van der Waals surface area contributed by atoms with Crippen molar-refractivity contribution in [3.63, 3.8) is 0 Å². The molecule has 1 atom stereocenters. The second-order valence-corrected chi connectivity index (χ2v) is 7.60. The van der Waals surface area contributed by atoms with Crippen molar-refractivity contribution in [1.29, 1.82) is 0 Å². The van der Waals surface area contributed by atoms with Crippen molar-refractivity contribution < 1.29 is 18.7 Å². The van der Waals surface area contributed by atoms with Gasteiger partial charge in [0, 0.05) is 24.8 Å². The Hall–Kier alpha value is -2.48. The summed E-state index contributed by atoms with van der Waals surface area (Å²) in [5, 5.41) is 9.00. The van der Waals surface area contributed by atoms with E-state index in [4.69, 9.17) is 5.73 Å². The summed E-state index contributed by atoms with van der Waals surface area (Å²) in [7, 11) is 0. The van der Waals surface area contributed by atoms with Gasteiger partial charge in [0.1, 0.15) is 17.1 Å². The molecule has 0 amide bonds. The number of aromatic nitrogens is 1. The maximum absolute atomic E-state index is 15.4. The number of rotatable bonds is 3. The summed E-state index contributed by atoms with van der Waals surface area (Å²) in [4.78, 5) is 25.4. The number of fused-ring (bicyclic) bond motifs is 1. The van der Waals surface area contributed by atoms with E-state index >= 15 is 4.39 Å². The normalized spacial score (nSPS) is 21.7. The van der Waals surface area contributed by atoms with Gasteiger partial charge in [0.25, 0.3) is 0 Å². The van der Waals surface area contributed by atoms with Crippen LogP contribution in [0.3, 0.4) is 0 Å². The molecule has 2 heterocycles. The Kier molecular flexibility index (Phi) is 3.43. The first-order chi connectivity index (χ1) is 12.1. The van der Waals surface area contributed by atoms with Gasteiger partial charge in [-0.2, -0.15) is 0 Å². The van der Waals surface area contributed by atoms with E-state index in [-0.39, 0.29) is 28.7 Å². The maximum atomic E-state index is 15.4. The van der Waals surface area contributed by atoms with Crippen LogP contribution in [0.4, 0.5) is 14.5 Å². The quantitative estimate of drug-likeness (QED) is 0.873. The van der Waals surface area contributed by atoms with Crippen LogP contribution in [-0.2, 0) is 0 Å². The zero-order valence-corrected chi connectivity index (χ0v) is 14.4. The molecule has 2 aliphatic rings. The fourth-order valence-electron chi connectivity index (χ4n) is 3.59. The number of aromatic carboxylic acids is 1. The lowest BCUT2D eigenvalue weighted by Crippen LogP contribution is -2.72. The Bertz CT molecular complexity index is 1010. The molecule has 138 valence electrons. The van der Waals surface area contributed by atoms with Gasteiger partial charge in [-0.15, -0.1) is 0 Å². The zero-order valence-electron chi connectivity index (χ0n) is 14.4. The van der Waals surface area contributed by atoms with Gasteiger partial charge in [0.05, 0.1) is 16.4 Å². The molecule has 0 spiro atoms. The Morgan fingerprint density at radius 1 is 1.35 bits per heavy atom. The topological polar surface area (TPSA) is 88.6 Å². The minimum Gasteiger partial charge on any atom is -0.477 e. The van der Waals surface area contributed by atoms with Crippen LogP contribution in [0.2, 0.25) is 0 Å². The van der Waals surface area contributed by atoms with Crippen molar-refractivity contribution in [3.05, 3.63) is 39.7 Å². The molecule has 6 nitrogen and oxygen atoms in total. The molecule has 4 rings (SSSR count). The molecule has 0 bridgehead atoms. The van der Waals surface area contributed by atoms with E-state index in [1.807, 2.05) is 0 Å². The Balaban J connectivity index is 2.04. The summed E-state index contributed by atoms with van der Waals surface area (Å²) in [6.45, 7) is 3.89.